The van der Waals surface area contributed by atoms with Gasteiger partial charge in [-0.25, -0.2) is 23.7 Å². The van der Waals surface area contributed by atoms with Crippen molar-refractivity contribution in [3.05, 3.63) is 54.4 Å². The number of rotatable bonds is 8. The van der Waals surface area contributed by atoms with Gasteiger partial charge in [0.2, 0.25) is 5.88 Å². The van der Waals surface area contributed by atoms with Crippen molar-refractivity contribution in [2.75, 3.05) is 26.2 Å². The predicted molar refractivity (Wildman–Crippen MR) is 156 cm³/mol. The van der Waals surface area contributed by atoms with Gasteiger partial charge in [0.05, 0.1) is 36.5 Å². The quantitative estimate of drug-likeness (QED) is 0.255. The van der Waals surface area contributed by atoms with E-state index in [1.165, 1.54) is 17.3 Å². The molecule has 0 radical (unpaired) electrons. The van der Waals surface area contributed by atoms with Crippen molar-refractivity contribution < 1.29 is 26.7 Å². The van der Waals surface area contributed by atoms with Crippen LogP contribution in [-0.4, -0.2) is 83.8 Å². The molecule has 6 heterocycles. The largest absolute Gasteiger partial charge is 0.474 e. The SMILES string of the molecule is N#CC[C@]1(n2cc(-c3ncnc4[nH]ccc34)cn2)C[C@H](N2CCC(Oc3cc(CN4CCC(F)(F)C4)cc(C(F)(F)F)n3)CC2)C1. The summed E-state index contributed by atoms with van der Waals surface area (Å²) >= 11 is 0. The highest BCUT2D eigenvalue weighted by Gasteiger charge is 2.49. The van der Waals surface area contributed by atoms with Gasteiger partial charge in [0.1, 0.15) is 23.8 Å². The van der Waals surface area contributed by atoms with Crippen LogP contribution < -0.4 is 4.74 Å². The number of H-pyrrole nitrogens is 1. The number of nitrogens with one attached hydrogen (secondary N) is 1. The number of aromatic amines is 1. The molecule has 10 nitrogen and oxygen atoms in total. The number of halogens is 5. The second-order valence-electron chi connectivity index (χ2n) is 12.6. The number of hydrogen-bond acceptors (Lipinski definition) is 8. The summed E-state index contributed by atoms with van der Waals surface area (Å²) in [6.07, 6.45) is 4.67. The number of aromatic nitrogens is 6. The Bertz CT molecular complexity index is 1750. The average Bonchev–Trinajstić information content (AvgIpc) is 3.75. The summed E-state index contributed by atoms with van der Waals surface area (Å²) in [5.74, 6) is -2.97. The molecule has 1 saturated carbocycles. The molecule has 0 atom stereocenters. The van der Waals surface area contributed by atoms with Gasteiger partial charge in [-0.3, -0.25) is 14.5 Å². The number of likely N-dealkylation sites (tertiary alicyclic amines) is 2. The molecule has 2 aliphatic heterocycles. The molecule has 2 saturated heterocycles. The van der Waals surface area contributed by atoms with Crippen LogP contribution in [0.15, 0.2) is 43.1 Å². The lowest BCUT2D eigenvalue weighted by Gasteiger charge is -2.52. The molecule has 0 unspecified atom stereocenters. The van der Waals surface area contributed by atoms with E-state index in [-0.39, 0.29) is 43.1 Å². The smallest absolute Gasteiger partial charge is 0.433 e. The molecule has 4 aromatic rings. The number of nitrogens with zero attached hydrogens (tertiary/aromatic N) is 8. The summed E-state index contributed by atoms with van der Waals surface area (Å²) < 4.78 is 76.1. The number of nitriles is 1. The molecular weight excluding hydrogens is 609 g/mol. The van der Waals surface area contributed by atoms with Gasteiger partial charge >= 0.3 is 6.18 Å². The van der Waals surface area contributed by atoms with E-state index < -0.39 is 29.9 Å². The Balaban J connectivity index is 0.981. The summed E-state index contributed by atoms with van der Waals surface area (Å²) in [6.45, 7) is 0.966. The van der Waals surface area contributed by atoms with Crippen LogP contribution in [0.3, 0.4) is 0 Å². The number of alkyl halides is 5. The van der Waals surface area contributed by atoms with Crippen LogP contribution in [0.1, 0.15) is 49.8 Å². The van der Waals surface area contributed by atoms with Crippen molar-refractivity contribution in [1.82, 2.24) is 39.5 Å². The van der Waals surface area contributed by atoms with Gasteiger partial charge in [0, 0.05) is 68.1 Å². The minimum absolute atomic E-state index is 0.0324. The van der Waals surface area contributed by atoms with E-state index in [0.29, 0.717) is 32.4 Å². The van der Waals surface area contributed by atoms with Crippen molar-refractivity contribution in [2.24, 2.45) is 0 Å². The Labute approximate surface area is 261 Å². The zero-order valence-corrected chi connectivity index (χ0v) is 24.9. The lowest BCUT2D eigenvalue weighted by Crippen LogP contribution is -2.58. The lowest BCUT2D eigenvalue weighted by atomic mass is 9.69. The molecule has 3 aliphatic rings. The Kier molecular flexibility index (Phi) is 7.67. The number of hydrogen-bond donors (Lipinski definition) is 1. The monoisotopic (exact) mass is 641 g/mol. The Morgan fingerprint density at radius 3 is 2.63 bits per heavy atom. The number of ether oxygens (including phenoxy) is 1. The molecule has 1 N–H and O–H groups in total. The molecule has 15 heteroatoms. The topological polar surface area (TPSA) is 112 Å². The van der Waals surface area contributed by atoms with E-state index in [4.69, 9.17) is 4.74 Å². The maximum absolute atomic E-state index is 13.7. The predicted octanol–water partition coefficient (Wildman–Crippen LogP) is 5.39. The van der Waals surface area contributed by atoms with Crippen molar-refractivity contribution in [1.29, 1.82) is 5.26 Å². The van der Waals surface area contributed by atoms with Crippen molar-refractivity contribution >= 4 is 11.0 Å². The molecule has 1 aliphatic carbocycles. The van der Waals surface area contributed by atoms with Crippen LogP contribution in [0.4, 0.5) is 22.0 Å². The Morgan fingerprint density at radius 1 is 1.11 bits per heavy atom. The van der Waals surface area contributed by atoms with Crippen molar-refractivity contribution in [3.63, 3.8) is 0 Å². The average molecular weight is 642 g/mol. The van der Waals surface area contributed by atoms with Crippen LogP contribution in [-0.2, 0) is 18.3 Å². The summed E-state index contributed by atoms with van der Waals surface area (Å²) in [6, 6.07) is 6.82. The third-order valence-electron chi connectivity index (χ3n) is 9.42. The van der Waals surface area contributed by atoms with Crippen LogP contribution in [0.25, 0.3) is 22.3 Å². The van der Waals surface area contributed by atoms with Gasteiger partial charge < -0.3 is 9.72 Å². The minimum atomic E-state index is -4.69. The first-order valence-corrected chi connectivity index (χ1v) is 15.3. The fourth-order valence-electron chi connectivity index (χ4n) is 7.03. The van der Waals surface area contributed by atoms with E-state index in [0.717, 1.165) is 41.2 Å². The van der Waals surface area contributed by atoms with Crippen LogP contribution >= 0.6 is 0 Å². The molecule has 0 aromatic carbocycles. The van der Waals surface area contributed by atoms with Gasteiger partial charge in [-0.15, -0.1) is 0 Å². The minimum Gasteiger partial charge on any atom is -0.474 e. The standard InChI is InChI=1S/C31H32F5N9O/c32-30(33)5-10-43(18-30)16-20-11-25(31(34,35)36)42-26(12-20)46-23-2-8-44(9-3-23)22-13-29(14-22,4-6-37)45-17-21(15-41-45)27-24-1-7-38-28(24)40-19-39-27/h1,7,11-12,15,17,19,22-23H,2-5,8-10,13-14,16,18H2,(H,38,39,40)/t22-,29-. The van der Waals surface area contributed by atoms with Crippen molar-refractivity contribution in [2.45, 2.75) is 74.9 Å². The molecule has 46 heavy (non-hydrogen) atoms. The van der Waals surface area contributed by atoms with E-state index in [2.05, 4.69) is 36.0 Å². The second kappa shape index (κ2) is 11.6. The third-order valence-corrected chi connectivity index (χ3v) is 9.42. The first-order valence-electron chi connectivity index (χ1n) is 15.3. The highest BCUT2D eigenvalue weighted by Crippen LogP contribution is 2.46. The normalized spacial score (nSPS) is 24.2. The number of pyridine rings is 1. The Morgan fingerprint density at radius 2 is 1.91 bits per heavy atom. The summed E-state index contributed by atoms with van der Waals surface area (Å²) in [4.78, 5) is 19.3. The molecule has 0 spiro atoms. The van der Waals surface area contributed by atoms with E-state index in [1.54, 1.807) is 6.20 Å². The number of fused-ring (bicyclic) bond motifs is 1. The van der Waals surface area contributed by atoms with Gasteiger partial charge in [-0.05, 0) is 43.4 Å². The molecular formula is C31H32F5N9O. The highest BCUT2D eigenvalue weighted by molar-refractivity contribution is 5.90. The van der Waals surface area contributed by atoms with E-state index in [1.807, 2.05) is 23.1 Å². The third kappa shape index (κ3) is 6.03. The molecule has 3 fully saturated rings. The zero-order chi connectivity index (χ0) is 32.1. The number of piperidine rings is 1. The maximum atomic E-state index is 13.7. The summed E-state index contributed by atoms with van der Waals surface area (Å²) in [5.41, 5.74) is 1.06. The van der Waals surface area contributed by atoms with Gasteiger partial charge in [0.25, 0.3) is 5.92 Å². The molecule has 4 aromatic heterocycles. The molecule has 0 amide bonds. The van der Waals surface area contributed by atoms with E-state index in [9.17, 15) is 27.2 Å². The summed E-state index contributed by atoms with van der Waals surface area (Å²) in [7, 11) is 0. The van der Waals surface area contributed by atoms with Crippen LogP contribution in [0.5, 0.6) is 5.88 Å². The van der Waals surface area contributed by atoms with Crippen LogP contribution in [0, 0.1) is 11.3 Å². The lowest BCUT2D eigenvalue weighted by molar-refractivity contribution is -0.141. The van der Waals surface area contributed by atoms with Crippen molar-refractivity contribution in [3.8, 4) is 23.2 Å². The van der Waals surface area contributed by atoms with Gasteiger partial charge in [0.15, 0.2) is 0 Å². The van der Waals surface area contributed by atoms with Crippen LogP contribution in [0.2, 0.25) is 0 Å². The fraction of sp³-hybridized carbons (Fsp3) is 0.516. The maximum Gasteiger partial charge on any atom is 0.433 e. The first-order chi connectivity index (χ1) is 22.0. The fourth-order valence-corrected chi connectivity index (χ4v) is 7.03. The van der Waals surface area contributed by atoms with Gasteiger partial charge in [-0.2, -0.15) is 23.5 Å². The second-order valence-corrected chi connectivity index (χ2v) is 12.6. The molecule has 7 rings (SSSR count). The van der Waals surface area contributed by atoms with Gasteiger partial charge in [-0.1, -0.05) is 0 Å². The highest BCUT2D eigenvalue weighted by atomic mass is 19.4. The first kappa shape index (κ1) is 30.5. The Hall–Kier alpha value is -4.16. The molecule has 0 bridgehead atoms. The van der Waals surface area contributed by atoms with E-state index >= 15 is 0 Å². The summed E-state index contributed by atoms with van der Waals surface area (Å²) in [5, 5.41) is 15.2. The zero-order valence-electron chi connectivity index (χ0n) is 24.9. The molecule has 242 valence electrons.